The number of hydrogen-bond acceptors (Lipinski definition) is 3. The van der Waals surface area contributed by atoms with Gasteiger partial charge in [-0.25, -0.2) is 13.1 Å². The van der Waals surface area contributed by atoms with Gasteiger partial charge in [0, 0.05) is 12.6 Å². The second-order valence-corrected chi connectivity index (χ2v) is 6.80. The Balaban J connectivity index is 2.50. The molecule has 1 rings (SSSR count). The first kappa shape index (κ1) is 14.9. The first-order valence-corrected chi connectivity index (χ1v) is 8.35. The van der Waals surface area contributed by atoms with Crippen LogP contribution in [0, 0.1) is 5.92 Å². The fourth-order valence-corrected chi connectivity index (χ4v) is 4.04. The van der Waals surface area contributed by atoms with E-state index in [-0.39, 0.29) is 18.4 Å². The Labute approximate surface area is 105 Å². The molecule has 2 N–H and O–H groups in total. The summed E-state index contributed by atoms with van der Waals surface area (Å²) < 4.78 is 26.4. The standard InChI is InChI=1S/C12H25NO3S/c1-2-12(11-7-4-3-5-8-11)13-17(15,16)10-6-9-14/h11-14H,2-10H2,1H3. The normalized spacial score (nSPS) is 20.4. The fourth-order valence-electron chi connectivity index (χ4n) is 2.59. The average Bonchev–Trinajstić information content (AvgIpc) is 2.35. The van der Waals surface area contributed by atoms with E-state index in [1.807, 2.05) is 6.92 Å². The van der Waals surface area contributed by atoms with Crippen LogP contribution in [0.2, 0.25) is 0 Å². The van der Waals surface area contributed by atoms with Crippen molar-refractivity contribution in [1.82, 2.24) is 4.72 Å². The highest BCUT2D eigenvalue weighted by Gasteiger charge is 2.25. The summed E-state index contributed by atoms with van der Waals surface area (Å²) in [6, 6.07) is 0.0824. The average molecular weight is 263 g/mol. The summed E-state index contributed by atoms with van der Waals surface area (Å²) in [6.07, 6.45) is 7.17. The van der Waals surface area contributed by atoms with Gasteiger partial charge in [-0.3, -0.25) is 0 Å². The van der Waals surface area contributed by atoms with Gasteiger partial charge in [-0.2, -0.15) is 0 Å². The molecule has 0 radical (unpaired) electrons. The Hall–Kier alpha value is -0.130. The Morgan fingerprint density at radius 1 is 1.29 bits per heavy atom. The van der Waals surface area contributed by atoms with Crippen molar-refractivity contribution < 1.29 is 13.5 Å². The van der Waals surface area contributed by atoms with E-state index in [4.69, 9.17) is 5.11 Å². The van der Waals surface area contributed by atoms with Crippen molar-refractivity contribution in [2.45, 2.75) is 57.9 Å². The van der Waals surface area contributed by atoms with Crippen LogP contribution in [0.3, 0.4) is 0 Å². The second kappa shape index (κ2) is 7.34. The Morgan fingerprint density at radius 3 is 2.47 bits per heavy atom. The zero-order valence-electron chi connectivity index (χ0n) is 10.7. The number of hydrogen-bond donors (Lipinski definition) is 2. The molecule has 1 saturated carbocycles. The summed E-state index contributed by atoms with van der Waals surface area (Å²) >= 11 is 0. The maximum Gasteiger partial charge on any atom is 0.211 e. The smallest absolute Gasteiger partial charge is 0.211 e. The molecule has 0 aromatic rings. The van der Waals surface area contributed by atoms with Gasteiger partial charge in [0.2, 0.25) is 10.0 Å². The van der Waals surface area contributed by atoms with Crippen molar-refractivity contribution in [1.29, 1.82) is 0 Å². The summed E-state index contributed by atoms with van der Waals surface area (Å²) in [5, 5.41) is 8.68. The lowest BCUT2D eigenvalue weighted by Crippen LogP contribution is -2.41. The largest absolute Gasteiger partial charge is 0.396 e. The van der Waals surface area contributed by atoms with Crippen LogP contribution in [-0.2, 0) is 10.0 Å². The Kier molecular flexibility index (Phi) is 6.44. The number of rotatable bonds is 7. The Bertz CT molecular complexity index is 297. The van der Waals surface area contributed by atoms with Gasteiger partial charge in [-0.15, -0.1) is 0 Å². The number of sulfonamides is 1. The maximum atomic E-state index is 11.8. The molecule has 102 valence electrons. The van der Waals surface area contributed by atoms with Crippen molar-refractivity contribution in [3.05, 3.63) is 0 Å². The summed E-state index contributed by atoms with van der Waals surface area (Å²) in [7, 11) is -3.21. The molecule has 0 amide bonds. The van der Waals surface area contributed by atoms with Gasteiger partial charge in [-0.05, 0) is 31.6 Å². The van der Waals surface area contributed by atoms with Crippen LogP contribution in [-0.4, -0.2) is 31.9 Å². The van der Waals surface area contributed by atoms with E-state index in [0.717, 1.165) is 19.3 Å². The summed E-state index contributed by atoms with van der Waals surface area (Å²) in [5.74, 6) is 0.532. The molecule has 17 heavy (non-hydrogen) atoms. The molecule has 0 spiro atoms. The van der Waals surface area contributed by atoms with Crippen molar-refractivity contribution in [3.8, 4) is 0 Å². The van der Waals surface area contributed by atoms with Gasteiger partial charge in [0.1, 0.15) is 0 Å². The minimum Gasteiger partial charge on any atom is -0.396 e. The molecule has 0 aliphatic heterocycles. The van der Waals surface area contributed by atoms with Crippen molar-refractivity contribution in [3.63, 3.8) is 0 Å². The van der Waals surface area contributed by atoms with Gasteiger partial charge in [0.05, 0.1) is 5.75 Å². The van der Waals surface area contributed by atoms with E-state index in [9.17, 15) is 8.42 Å². The molecule has 0 heterocycles. The molecule has 0 aromatic heterocycles. The van der Waals surface area contributed by atoms with E-state index in [0.29, 0.717) is 12.3 Å². The van der Waals surface area contributed by atoms with Crippen LogP contribution in [0.15, 0.2) is 0 Å². The zero-order chi connectivity index (χ0) is 12.7. The number of aliphatic hydroxyl groups is 1. The van der Waals surface area contributed by atoms with E-state index in [2.05, 4.69) is 4.72 Å². The summed E-state index contributed by atoms with van der Waals surface area (Å²) in [5.41, 5.74) is 0. The van der Waals surface area contributed by atoms with Crippen LogP contribution in [0.1, 0.15) is 51.9 Å². The molecular formula is C12H25NO3S. The van der Waals surface area contributed by atoms with Crippen molar-refractivity contribution in [2.75, 3.05) is 12.4 Å². The molecule has 1 atom stereocenters. The number of aliphatic hydroxyl groups excluding tert-OH is 1. The van der Waals surface area contributed by atoms with Gasteiger partial charge >= 0.3 is 0 Å². The predicted octanol–water partition coefficient (Wildman–Crippen LogP) is 1.65. The van der Waals surface area contributed by atoms with Crippen molar-refractivity contribution >= 4 is 10.0 Å². The first-order chi connectivity index (χ1) is 8.09. The molecule has 5 heteroatoms. The topological polar surface area (TPSA) is 66.4 Å². The Morgan fingerprint density at radius 2 is 1.94 bits per heavy atom. The maximum absolute atomic E-state index is 11.8. The highest BCUT2D eigenvalue weighted by molar-refractivity contribution is 7.89. The molecule has 1 fully saturated rings. The van der Waals surface area contributed by atoms with E-state index in [1.54, 1.807) is 0 Å². The SMILES string of the molecule is CCC(NS(=O)(=O)CCCO)C1CCCCC1. The third-order valence-corrected chi connectivity index (χ3v) is 5.05. The van der Waals surface area contributed by atoms with E-state index < -0.39 is 10.0 Å². The molecular weight excluding hydrogens is 238 g/mol. The van der Waals surface area contributed by atoms with Gasteiger partial charge in [0.15, 0.2) is 0 Å². The van der Waals surface area contributed by atoms with Gasteiger partial charge < -0.3 is 5.11 Å². The minimum atomic E-state index is -3.21. The van der Waals surface area contributed by atoms with Crippen LogP contribution in [0.5, 0.6) is 0 Å². The van der Waals surface area contributed by atoms with Crippen molar-refractivity contribution in [2.24, 2.45) is 5.92 Å². The lowest BCUT2D eigenvalue weighted by Gasteiger charge is -2.30. The fraction of sp³-hybridized carbons (Fsp3) is 1.00. The monoisotopic (exact) mass is 263 g/mol. The van der Waals surface area contributed by atoms with Crippen LogP contribution in [0.4, 0.5) is 0 Å². The van der Waals surface area contributed by atoms with Crippen LogP contribution < -0.4 is 4.72 Å². The molecule has 1 aliphatic carbocycles. The molecule has 1 unspecified atom stereocenters. The summed E-state index contributed by atoms with van der Waals surface area (Å²) in [4.78, 5) is 0. The second-order valence-electron chi connectivity index (χ2n) is 4.93. The molecule has 1 aliphatic rings. The molecule has 4 nitrogen and oxygen atoms in total. The van der Waals surface area contributed by atoms with Crippen LogP contribution in [0.25, 0.3) is 0 Å². The number of nitrogens with one attached hydrogen (secondary N) is 1. The summed E-state index contributed by atoms with van der Waals surface area (Å²) in [6.45, 7) is 1.97. The third kappa shape index (κ3) is 5.36. The first-order valence-electron chi connectivity index (χ1n) is 6.70. The highest BCUT2D eigenvalue weighted by Crippen LogP contribution is 2.28. The lowest BCUT2D eigenvalue weighted by atomic mass is 9.83. The van der Waals surface area contributed by atoms with Gasteiger partial charge in [0.25, 0.3) is 0 Å². The lowest BCUT2D eigenvalue weighted by molar-refractivity contribution is 0.283. The third-order valence-electron chi connectivity index (χ3n) is 3.56. The minimum absolute atomic E-state index is 0.0344. The van der Waals surface area contributed by atoms with Gasteiger partial charge in [-0.1, -0.05) is 26.2 Å². The van der Waals surface area contributed by atoms with E-state index in [1.165, 1.54) is 19.3 Å². The molecule has 0 aromatic carbocycles. The quantitative estimate of drug-likeness (QED) is 0.734. The van der Waals surface area contributed by atoms with E-state index >= 15 is 0 Å². The molecule has 0 saturated heterocycles. The highest BCUT2D eigenvalue weighted by atomic mass is 32.2. The zero-order valence-corrected chi connectivity index (χ0v) is 11.5. The van der Waals surface area contributed by atoms with Crippen LogP contribution >= 0.6 is 0 Å². The molecule has 0 bridgehead atoms. The predicted molar refractivity (Wildman–Crippen MR) is 69.3 cm³/mol.